The zero-order chi connectivity index (χ0) is 19.7. The number of carbonyl (C=O) groups excluding carboxylic acids is 2. The van der Waals surface area contributed by atoms with Crippen LogP contribution in [-0.4, -0.2) is 29.8 Å². The smallest absolute Gasteiger partial charge is 0.175 e. The number of hydrogen-bond acceptors (Lipinski definition) is 5. The summed E-state index contributed by atoms with van der Waals surface area (Å²) in [6.07, 6.45) is 4.80. The lowest BCUT2D eigenvalue weighted by Crippen LogP contribution is -2.16. The summed E-state index contributed by atoms with van der Waals surface area (Å²) in [5.74, 6) is -0.534. The van der Waals surface area contributed by atoms with Gasteiger partial charge in [0.25, 0.3) is 0 Å². The number of ether oxygens (including phenoxy) is 1. The number of allylic oxidation sites excluding steroid dienone is 2. The van der Waals surface area contributed by atoms with E-state index < -0.39 is 5.92 Å². The van der Waals surface area contributed by atoms with Gasteiger partial charge in [-0.2, -0.15) is 0 Å². The van der Waals surface area contributed by atoms with Crippen LogP contribution in [0.3, 0.4) is 0 Å². The fourth-order valence-electron chi connectivity index (χ4n) is 3.85. The highest BCUT2D eigenvalue weighted by Crippen LogP contribution is 2.39. The number of aryl methyl sites for hydroxylation is 1. The molecule has 0 bridgehead atoms. The number of carbonyl (C=O) groups is 2. The molecule has 146 valence electrons. The van der Waals surface area contributed by atoms with E-state index in [-0.39, 0.29) is 18.0 Å². The Labute approximate surface area is 173 Å². The lowest BCUT2D eigenvalue weighted by molar-refractivity contribution is -0.123. The lowest BCUT2D eigenvalue weighted by Gasteiger charge is -2.19. The summed E-state index contributed by atoms with van der Waals surface area (Å²) in [6, 6.07) is 7.48. The highest BCUT2D eigenvalue weighted by molar-refractivity contribution is 7.15. The zero-order valence-electron chi connectivity index (χ0n) is 15.7. The number of aromatic nitrogens is 1. The molecule has 4 nitrogen and oxygen atoms in total. The van der Waals surface area contributed by atoms with Crippen LogP contribution in [0.1, 0.15) is 42.7 Å². The Balaban J connectivity index is 1.64. The first-order chi connectivity index (χ1) is 13.6. The predicted octanol–water partition coefficient (Wildman–Crippen LogP) is 5.00. The molecule has 1 aliphatic carbocycles. The molecule has 1 saturated heterocycles. The molecule has 0 N–H and O–H groups in total. The molecule has 1 saturated carbocycles. The van der Waals surface area contributed by atoms with Crippen molar-refractivity contribution in [2.45, 2.75) is 38.5 Å². The van der Waals surface area contributed by atoms with Gasteiger partial charge in [-0.05, 0) is 42.9 Å². The number of ketones is 2. The first-order valence-corrected chi connectivity index (χ1v) is 10.9. The molecule has 4 rings (SSSR count). The number of benzene rings is 1. The normalized spacial score (nSPS) is 22.4. The Morgan fingerprint density at radius 2 is 1.93 bits per heavy atom. The number of rotatable bonds is 4. The van der Waals surface area contributed by atoms with Crippen LogP contribution < -0.4 is 0 Å². The Morgan fingerprint density at radius 3 is 2.61 bits per heavy atom. The summed E-state index contributed by atoms with van der Waals surface area (Å²) in [5.41, 5.74) is 2.25. The number of thiazole rings is 1. The molecular weight excluding hydrogens is 394 g/mol. The number of halogens is 1. The van der Waals surface area contributed by atoms with E-state index in [1.54, 1.807) is 11.3 Å². The first-order valence-electron chi connectivity index (χ1n) is 9.67. The Bertz CT molecular complexity index is 926. The number of nitrogens with zero attached hydrogens (tertiary/aromatic N) is 1. The second kappa shape index (κ2) is 8.27. The second-order valence-corrected chi connectivity index (χ2v) is 8.79. The van der Waals surface area contributed by atoms with Crippen molar-refractivity contribution in [2.24, 2.45) is 5.92 Å². The van der Waals surface area contributed by atoms with Crippen LogP contribution in [0.5, 0.6) is 0 Å². The molecule has 2 fully saturated rings. The molecule has 1 atom stereocenters. The van der Waals surface area contributed by atoms with E-state index in [0.29, 0.717) is 22.2 Å². The van der Waals surface area contributed by atoms with Crippen molar-refractivity contribution < 1.29 is 14.3 Å². The van der Waals surface area contributed by atoms with Gasteiger partial charge in [0.1, 0.15) is 10.9 Å². The van der Waals surface area contributed by atoms with Crippen molar-refractivity contribution in [3.05, 3.63) is 51.5 Å². The minimum absolute atomic E-state index is 0.0361. The summed E-state index contributed by atoms with van der Waals surface area (Å²) >= 11 is 7.53. The predicted molar refractivity (Wildman–Crippen MR) is 111 cm³/mol. The summed E-state index contributed by atoms with van der Waals surface area (Å²) in [6.45, 7) is 3.47. The van der Waals surface area contributed by atoms with Crippen LogP contribution >= 0.6 is 22.9 Å². The maximum atomic E-state index is 13.1. The molecule has 2 aliphatic rings. The molecule has 0 spiro atoms. The van der Waals surface area contributed by atoms with Crippen LogP contribution in [0.4, 0.5) is 0 Å². The average molecular weight is 416 g/mol. The number of Topliss-reactive ketones (excluding diaryl/α,β-unsaturated/α-hetero) is 2. The third kappa shape index (κ3) is 3.84. The molecule has 2 aromatic rings. The van der Waals surface area contributed by atoms with Crippen LogP contribution in [0.15, 0.2) is 35.9 Å². The molecule has 6 heteroatoms. The topological polar surface area (TPSA) is 56.3 Å². The molecule has 28 heavy (non-hydrogen) atoms. The Kier molecular flexibility index (Phi) is 5.76. The fourth-order valence-corrected chi connectivity index (χ4v) is 5.02. The first kappa shape index (κ1) is 19.5. The molecular formula is C22H22ClNO3S. The Hall–Kier alpha value is -1.82. The highest BCUT2D eigenvalue weighted by atomic mass is 35.5. The van der Waals surface area contributed by atoms with Crippen molar-refractivity contribution in [2.75, 3.05) is 13.2 Å². The van der Waals surface area contributed by atoms with Crippen LogP contribution in [-0.2, 0) is 20.7 Å². The summed E-state index contributed by atoms with van der Waals surface area (Å²) < 4.78 is 5.39. The van der Waals surface area contributed by atoms with Gasteiger partial charge in [0, 0.05) is 35.1 Å². The minimum Gasteiger partial charge on any atom is -0.381 e. The fraction of sp³-hybridized carbons (Fsp3) is 0.409. The van der Waals surface area contributed by atoms with E-state index in [0.717, 1.165) is 47.9 Å². The van der Waals surface area contributed by atoms with Gasteiger partial charge in [-0.25, -0.2) is 4.98 Å². The second-order valence-electron chi connectivity index (χ2n) is 7.27. The maximum Gasteiger partial charge on any atom is 0.175 e. The molecule has 1 aliphatic heterocycles. The van der Waals surface area contributed by atoms with Gasteiger partial charge in [-0.3, -0.25) is 9.59 Å². The van der Waals surface area contributed by atoms with E-state index in [9.17, 15) is 9.59 Å². The van der Waals surface area contributed by atoms with Crippen molar-refractivity contribution in [3.63, 3.8) is 0 Å². The third-order valence-electron chi connectivity index (χ3n) is 5.38. The van der Waals surface area contributed by atoms with Crippen molar-refractivity contribution in [3.8, 4) is 10.6 Å². The SMILES string of the molecule is CCc1sc(-c2ccc(Cl)cc2)nc1C1C(=O)CC(=CC2CCOCC2)C1=O. The summed E-state index contributed by atoms with van der Waals surface area (Å²) in [4.78, 5) is 31.6. The van der Waals surface area contributed by atoms with Gasteiger partial charge >= 0.3 is 0 Å². The standard InChI is InChI=1S/C22H22ClNO3S/c1-2-18-20(24-22(28-18)14-3-5-16(23)6-4-14)19-17(25)12-15(21(19)26)11-13-7-9-27-10-8-13/h3-6,11,13,19H,2,7-10,12H2,1H3. The van der Waals surface area contributed by atoms with Crippen LogP contribution in [0.25, 0.3) is 10.6 Å². The van der Waals surface area contributed by atoms with Crippen molar-refractivity contribution >= 4 is 34.5 Å². The van der Waals surface area contributed by atoms with E-state index in [1.165, 1.54) is 0 Å². The van der Waals surface area contributed by atoms with E-state index in [2.05, 4.69) is 0 Å². The lowest BCUT2D eigenvalue weighted by atomic mass is 9.95. The molecule has 1 aromatic carbocycles. The van der Waals surface area contributed by atoms with E-state index >= 15 is 0 Å². The monoisotopic (exact) mass is 415 g/mol. The van der Waals surface area contributed by atoms with Gasteiger partial charge in [0.05, 0.1) is 5.69 Å². The third-order valence-corrected chi connectivity index (χ3v) is 6.90. The van der Waals surface area contributed by atoms with Gasteiger partial charge in [0.15, 0.2) is 11.6 Å². The molecule has 0 radical (unpaired) electrons. The van der Waals surface area contributed by atoms with Crippen molar-refractivity contribution in [1.29, 1.82) is 0 Å². The summed E-state index contributed by atoms with van der Waals surface area (Å²) in [7, 11) is 0. The van der Waals surface area contributed by atoms with Crippen LogP contribution in [0.2, 0.25) is 5.02 Å². The highest BCUT2D eigenvalue weighted by Gasteiger charge is 2.41. The number of hydrogen-bond donors (Lipinski definition) is 0. The molecule has 2 heterocycles. The van der Waals surface area contributed by atoms with E-state index in [1.807, 2.05) is 37.3 Å². The van der Waals surface area contributed by atoms with Gasteiger partial charge in [-0.1, -0.05) is 36.7 Å². The molecule has 1 unspecified atom stereocenters. The maximum absolute atomic E-state index is 13.1. The Morgan fingerprint density at radius 1 is 1.21 bits per heavy atom. The molecule has 1 aromatic heterocycles. The largest absolute Gasteiger partial charge is 0.381 e. The average Bonchev–Trinajstić information content (AvgIpc) is 3.23. The van der Waals surface area contributed by atoms with Crippen LogP contribution in [0, 0.1) is 5.92 Å². The quantitative estimate of drug-likeness (QED) is 0.520. The van der Waals surface area contributed by atoms with Crippen molar-refractivity contribution in [1.82, 2.24) is 4.98 Å². The van der Waals surface area contributed by atoms with E-state index in [4.69, 9.17) is 21.3 Å². The van der Waals surface area contributed by atoms with Gasteiger partial charge < -0.3 is 4.74 Å². The zero-order valence-corrected chi connectivity index (χ0v) is 17.3. The van der Waals surface area contributed by atoms with Gasteiger partial charge in [0.2, 0.25) is 0 Å². The summed E-state index contributed by atoms with van der Waals surface area (Å²) in [5, 5.41) is 1.49. The minimum atomic E-state index is -0.752. The molecule has 0 amide bonds. The van der Waals surface area contributed by atoms with Gasteiger partial charge in [-0.15, -0.1) is 11.3 Å².